The molecule has 0 spiro atoms. The minimum atomic E-state index is -1.31. The van der Waals surface area contributed by atoms with Gasteiger partial charge in [-0.2, -0.15) is 0 Å². The summed E-state index contributed by atoms with van der Waals surface area (Å²) in [7, 11) is 0. The molecular formula is C9H14O4. The van der Waals surface area contributed by atoms with Gasteiger partial charge in [-0.05, 0) is 20.8 Å². The van der Waals surface area contributed by atoms with Gasteiger partial charge in [-0.15, -0.1) is 0 Å². The van der Waals surface area contributed by atoms with Crippen LogP contribution in [0.15, 0.2) is 12.7 Å². The Labute approximate surface area is 77.2 Å². The first-order chi connectivity index (χ1) is 5.81. The Morgan fingerprint density at radius 1 is 1.54 bits per heavy atom. The molecule has 1 unspecified atom stereocenters. The summed E-state index contributed by atoms with van der Waals surface area (Å²) in [5.41, 5.74) is -1.31. The lowest BCUT2D eigenvalue weighted by Crippen LogP contribution is -2.42. The average Bonchev–Trinajstić information content (AvgIpc) is 2.01. The molecule has 1 N–H and O–H groups in total. The van der Waals surface area contributed by atoms with E-state index in [0.29, 0.717) is 0 Å². The van der Waals surface area contributed by atoms with Gasteiger partial charge in [0.05, 0.1) is 0 Å². The fourth-order valence-electron chi connectivity index (χ4n) is 0.846. The zero-order valence-corrected chi connectivity index (χ0v) is 8.03. The quantitative estimate of drug-likeness (QED) is 0.511. The van der Waals surface area contributed by atoms with Gasteiger partial charge in [-0.1, -0.05) is 6.58 Å². The lowest BCUT2D eigenvalue weighted by atomic mass is 10.00. The molecule has 0 aromatic carbocycles. The van der Waals surface area contributed by atoms with Gasteiger partial charge in [0.1, 0.15) is 6.10 Å². The van der Waals surface area contributed by atoms with Crippen LogP contribution < -0.4 is 0 Å². The zero-order valence-electron chi connectivity index (χ0n) is 8.03. The molecule has 0 aliphatic heterocycles. The molecular weight excluding hydrogens is 172 g/mol. The molecule has 0 saturated carbocycles. The SMILES string of the molecule is C=CC(=O)OC(C)(C)C(=O)C(C)O. The predicted molar refractivity (Wildman–Crippen MR) is 47.1 cm³/mol. The molecule has 0 bridgehead atoms. The van der Waals surface area contributed by atoms with Gasteiger partial charge < -0.3 is 9.84 Å². The van der Waals surface area contributed by atoms with E-state index in [9.17, 15) is 9.59 Å². The molecule has 0 amide bonds. The Kier molecular flexibility index (Phi) is 3.81. The van der Waals surface area contributed by atoms with E-state index in [2.05, 4.69) is 6.58 Å². The summed E-state index contributed by atoms with van der Waals surface area (Å²) in [6.07, 6.45) is -0.176. The van der Waals surface area contributed by atoms with Crippen LogP contribution in [0.3, 0.4) is 0 Å². The number of rotatable bonds is 4. The Balaban J connectivity index is 4.47. The number of ether oxygens (including phenoxy) is 1. The van der Waals surface area contributed by atoms with Crippen molar-refractivity contribution in [3.63, 3.8) is 0 Å². The first-order valence-corrected chi connectivity index (χ1v) is 3.89. The highest BCUT2D eigenvalue weighted by atomic mass is 16.6. The predicted octanol–water partition coefficient (Wildman–Crippen LogP) is 0.444. The maximum Gasteiger partial charge on any atom is 0.331 e. The van der Waals surface area contributed by atoms with Crippen molar-refractivity contribution in [2.75, 3.05) is 0 Å². The van der Waals surface area contributed by atoms with Crippen LogP contribution in [-0.4, -0.2) is 28.6 Å². The van der Waals surface area contributed by atoms with Crippen molar-refractivity contribution in [3.8, 4) is 0 Å². The summed E-state index contributed by atoms with van der Waals surface area (Å²) in [5, 5.41) is 8.98. The number of carbonyl (C=O) groups is 2. The van der Waals surface area contributed by atoms with Crippen LogP contribution in [0.5, 0.6) is 0 Å². The summed E-state index contributed by atoms with van der Waals surface area (Å²) in [6, 6.07) is 0. The molecule has 74 valence electrons. The minimum Gasteiger partial charge on any atom is -0.448 e. The zero-order chi connectivity index (χ0) is 10.6. The van der Waals surface area contributed by atoms with Gasteiger partial charge in [0.15, 0.2) is 5.60 Å². The molecule has 1 atom stereocenters. The number of hydrogen-bond acceptors (Lipinski definition) is 4. The van der Waals surface area contributed by atoms with Crippen molar-refractivity contribution >= 4 is 11.8 Å². The standard InChI is InChI=1S/C9H14O4/c1-5-7(11)13-9(3,4)8(12)6(2)10/h5-6,10H,1H2,2-4H3. The third kappa shape index (κ3) is 3.38. The maximum atomic E-state index is 11.3. The van der Waals surface area contributed by atoms with E-state index in [-0.39, 0.29) is 0 Å². The monoisotopic (exact) mass is 186 g/mol. The second-order valence-corrected chi connectivity index (χ2v) is 3.18. The van der Waals surface area contributed by atoms with Crippen LogP contribution >= 0.6 is 0 Å². The lowest BCUT2D eigenvalue weighted by molar-refractivity contribution is -0.162. The number of carbonyl (C=O) groups excluding carboxylic acids is 2. The normalized spacial score (nSPS) is 13.2. The molecule has 0 fully saturated rings. The van der Waals surface area contributed by atoms with Crippen LogP contribution in [0.4, 0.5) is 0 Å². The minimum absolute atomic E-state index is 0.539. The van der Waals surface area contributed by atoms with Crippen molar-refractivity contribution in [1.29, 1.82) is 0 Å². The van der Waals surface area contributed by atoms with Crippen molar-refractivity contribution in [2.45, 2.75) is 32.5 Å². The first-order valence-electron chi connectivity index (χ1n) is 3.89. The molecule has 4 heteroatoms. The van der Waals surface area contributed by atoms with E-state index in [4.69, 9.17) is 9.84 Å². The number of aliphatic hydroxyl groups excluding tert-OH is 1. The summed E-state index contributed by atoms with van der Waals surface area (Å²) in [6.45, 7) is 7.37. The summed E-state index contributed by atoms with van der Waals surface area (Å²) in [4.78, 5) is 22.0. The van der Waals surface area contributed by atoms with E-state index < -0.39 is 23.5 Å². The second-order valence-electron chi connectivity index (χ2n) is 3.18. The first kappa shape index (κ1) is 11.8. The van der Waals surface area contributed by atoms with Gasteiger partial charge >= 0.3 is 5.97 Å². The van der Waals surface area contributed by atoms with Gasteiger partial charge in [0, 0.05) is 6.08 Å². The summed E-state index contributed by atoms with van der Waals surface area (Å²) < 4.78 is 4.74. The highest BCUT2D eigenvalue weighted by Gasteiger charge is 2.33. The summed E-state index contributed by atoms with van der Waals surface area (Å²) in [5.74, 6) is -1.22. The van der Waals surface area contributed by atoms with Gasteiger partial charge in [-0.25, -0.2) is 4.79 Å². The van der Waals surface area contributed by atoms with E-state index in [0.717, 1.165) is 6.08 Å². The second kappa shape index (κ2) is 4.18. The van der Waals surface area contributed by atoms with Crippen molar-refractivity contribution in [1.82, 2.24) is 0 Å². The molecule has 0 aliphatic carbocycles. The van der Waals surface area contributed by atoms with Crippen molar-refractivity contribution < 1.29 is 19.4 Å². The Hall–Kier alpha value is -1.16. The van der Waals surface area contributed by atoms with Crippen LogP contribution in [0, 0.1) is 0 Å². The van der Waals surface area contributed by atoms with Gasteiger partial charge in [0.25, 0.3) is 0 Å². The largest absolute Gasteiger partial charge is 0.448 e. The Morgan fingerprint density at radius 3 is 2.31 bits per heavy atom. The van der Waals surface area contributed by atoms with Crippen LogP contribution in [-0.2, 0) is 14.3 Å². The summed E-state index contributed by atoms with van der Waals surface area (Å²) >= 11 is 0. The van der Waals surface area contributed by atoms with E-state index >= 15 is 0 Å². The smallest absolute Gasteiger partial charge is 0.331 e. The number of hydrogen-bond donors (Lipinski definition) is 1. The maximum absolute atomic E-state index is 11.3. The molecule has 0 aromatic rings. The van der Waals surface area contributed by atoms with E-state index in [1.54, 1.807) is 0 Å². The molecule has 0 aromatic heterocycles. The third-order valence-corrected chi connectivity index (χ3v) is 1.50. The lowest BCUT2D eigenvalue weighted by Gasteiger charge is -2.23. The number of esters is 1. The molecule has 0 rings (SSSR count). The molecule has 0 aliphatic rings. The topological polar surface area (TPSA) is 63.6 Å². The Morgan fingerprint density at radius 2 is 2.00 bits per heavy atom. The van der Waals surface area contributed by atoms with E-state index in [1.165, 1.54) is 20.8 Å². The van der Waals surface area contributed by atoms with Crippen molar-refractivity contribution in [3.05, 3.63) is 12.7 Å². The highest BCUT2D eigenvalue weighted by molar-refractivity contribution is 5.93. The highest BCUT2D eigenvalue weighted by Crippen LogP contribution is 2.13. The molecule has 0 radical (unpaired) electrons. The fraction of sp³-hybridized carbons (Fsp3) is 0.556. The number of ketones is 1. The molecule has 4 nitrogen and oxygen atoms in total. The number of aliphatic hydroxyl groups is 1. The van der Waals surface area contributed by atoms with Gasteiger partial charge in [0.2, 0.25) is 5.78 Å². The Bertz CT molecular complexity index is 228. The average molecular weight is 186 g/mol. The van der Waals surface area contributed by atoms with Crippen LogP contribution in [0.1, 0.15) is 20.8 Å². The van der Waals surface area contributed by atoms with E-state index in [1.807, 2.05) is 0 Å². The van der Waals surface area contributed by atoms with Crippen LogP contribution in [0.2, 0.25) is 0 Å². The molecule has 13 heavy (non-hydrogen) atoms. The number of Topliss-reactive ketones (excluding diaryl/α,β-unsaturated/α-hetero) is 1. The molecule has 0 saturated heterocycles. The van der Waals surface area contributed by atoms with Gasteiger partial charge in [-0.3, -0.25) is 4.79 Å². The van der Waals surface area contributed by atoms with Crippen molar-refractivity contribution in [2.24, 2.45) is 0 Å². The fourth-order valence-corrected chi connectivity index (χ4v) is 0.846. The van der Waals surface area contributed by atoms with Crippen LogP contribution in [0.25, 0.3) is 0 Å². The third-order valence-electron chi connectivity index (χ3n) is 1.50. The molecule has 0 heterocycles.